The van der Waals surface area contributed by atoms with Crippen LogP contribution < -0.4 is 5.32 Å². The summed E-state index contributed by atoms with van der Waals surface area (Å²) in [4.78, 5) is 0. The van der Waals surface area contributed by atoms with E-state index in [-0.39, 0.29) is 0 Å². The Balaban J connectivity index is 2.30. The van der Waals surface area contributed by atoms with Crippen LogP contribution >= 0.6 is 15.9 Å². The van der Waals surface area contributed by atoms with Crippen molar-refractivity contribution in [2.75, 3.05) is 13.1 Å². The minimum Gasteiger partial charge on any atom is -0.304 e. The zero-order valence-corrected chi connectivity index (χ0v) is 8.84. The van der Waals surface area contributed by atoms with Crippen molar-refractivity contribution in [1.29, 1.82) is 5.26 Å². The van der Waals surface area contributed by atoms with Crippen LogP contribution in [0.1, 0.15) is 5.56 Å². The monoisotopic (exact) mass is 238 g/mol. The van der Waals surface area contributed by atoms with E-state index in [0.717, 1.165) is 17.4 Å². The fourth-order valence-corrected chi connectivity index (χ4v) is 1.29. The molecule has 2 nitrogen and oxygen atoms in total. The molecule has 0 unspecified atom stereocenters. The van der Waals surface area contributed by atoms with Crippen LogP contribution in [0.15, 0.2) is 28.7 Å². The zero-order valence-electron chi connectivity index (χ0n) is 7.26. The Kier molecular flexibility index (Phi) is 4.52. The lowest BCUT2D eigenvalue weighted by atomic mass is 10.1. The molecule has 0 heterocycles. The molecule has 1 N–H and O–H groups in total. The summed E-state index contributed by atoms with van der Waals surface area (Å²) >= 11 is 3.38. The van der Waals surface area contributed by atoms with Crippen LogP contribution in [0.3, 0.4) is 0 Å². The fraction of sp³-hybridized carbons (Fsp3) is 0.300. The molecular formula is C10H11BrN2. The van der Waals surface area contributed by atoms with Crippen molar-refractivity contribution in [3.05, 3.63) is 34.3 Å². The Morgan fingerprint density at radius 2 is 2.00 bits per heavy atom. The van der Waals surface area contributed by atoms with Gasteiger partial charge in [-0.05, 0) is 24.1 Å². The molecule has 0 fully saturated rings. The van der Waals surface area contributed by atoms with Gasteiger partial charge in [0.25, 0.3) is 0 Å². The van der Waals surface area contributed by atoms with Crippen LogP contribution in [0.2, 0.25) is 0 Å². The van der Waals surface area contributed by atoms with E-state index in [1.54, 1.807) is 0 Å². The molecule has 0 amide bonds. The number of nitriles is 1. The molecule has 0 atom stereocenters. The summed E-state index contributed by atoms with van der Waals surface area (Å²) in [7, 11) is 0. The van der Waals surface area contributed by atoms with Gasteiger partial charge in [0.15, 0.2) is 0 Å². The molecule has 0 bridgehead atoms. The molecule has 1 rings (SSSR count). The lowest BCUT2D eigenvalue weighted by Crippen LogP contribution is -2.16. The lowest BCUT2D eigenvalue weighted by molar-refractivity contribution is 0.749. The highest BCUT2D eigenvalue weighted by atomic mass is 79.9. The topological polar surface area (TPSA) is 35.8 Å². The van der Waals surface area contributed by atoms with Gasteiger partial charge in [-0.25, -0.2) is 0 Å². The number of halogens is 1. The smallest absolute Gasteiger partial charge is 0.0841 e. The third-order valence-electron chi connectivity index (χ3n) is 1.71. The van der Waals surface area contributed by atoms with Crippen LogP contribution in [0.5, 0.6) is 0 Å². The highest BCUT2D eigenvalue weighted by Gasteiger charge is 1.92. The summed E-state index contributed by atoms with van der Waals surface area (Å²) in [6.07, 6.45) is 0.967. The average Bonchev–Trinajstić information content (AvgIpc) is 2.15. The second-order valence-electron chi connectivity index (χ2n) is 2.71. The molecule has 0 aliphatic carbocycles. The predicted molar refractivity (Wildman–Crippen MR) is 56.3 cm³/mol. The number of hydrogen-bond donors (Lipinski definition) is 1. The first-order valence-corrected chi connectivity index (χ1v) is 4.94. The maximum atomic E-state index is 8.28. The third kappa shape index (κ3) is 4.07. The van der Waals surface area contributed by atoms with Gasteiger partial charge in [-0.15, -0.1) is 0 Å². The van der Waals surface area contributed by atoms with Crippen LogP contribution in [0.25, 0.3) is 0 Å². The maximum Gasteiger partial charge on any atom is 0.0841 e. The Morgan fingerprint density at radius 1 is 1.31 bits per heavy atom. The average molecular weight is 239 g/mol. The normalized spacial score (nSPS) is 9.54. The SMILES string of the molecule is N#CCNCCc1ccc(Br)cc1. The molecule has 0 aliphatic rings. The summed E-state index contributed by atoms with van der Waals surface area (Å²) in [6, 6.07) is 10.3. The van der Waals surface area contributed by atoms with Gasteiger partial charge in [-0.1, -0.05) is 28.1 Å². The van der Waals surface area contributed by atoms with E-state index in [2.05, 4.69) is 33.4 Å². The zero-order chi connectivity index (χ0) is 9.52. The van der Waals surface area contributed by atoms with E-state index < -0.39 is 0 Å². The molecule has 0 spiro atoms. The fourth-order valence-electron chi connectivity index (χ4n) is 1.03. The molecule has 0 radical (unpaired) electrons. The van der Waals surface area contributed by atoms with Gasteiger partial charge in [0.1, 0.15) is 0 Å². The molecule has 0 saturated heterocycles. The van der Waals surface area contributed by atoms with Crippen LogP contribution in [-0.4, -0.2) is 13.1 Å². The predicted octanol–water partition coefficient (Wildman–Crippen LogP) is 2.10. The third-order valence-corrected chi connectivity index (χ3v) is 2.24. The summed E-state index contributed by atoms with van der Waals surface area (Å²) in [6.45, 7) is 1.28. The summed E-state index contributed by atoms with van der Waals surface area (Å²) in [5.74, 6) is 0. The van der Waals surface area contributed by atoms with Crippen LogP contribution in [0.4, 0.5) is 0 Å². The minimum absolute atomic E-state index is 0.427. The number of nitrogens with zero attached hydrogens (tertiary/aromatic N) is 1. The van der Waals surface area contributed by atoms with E-state index in [1.807, 2.05) is 18.2 Å². The molecular weight excluding hydrogens is 228 g/mol. The molecule has 68 valence electrons. The molecule has 0 saturated carbocycles. The van der Waals surface area contributed by atoms with Crippen LogP contribution in [0, 0.1) is 11.3 Å². The standard InChI is InChI=1S/C10H11BrN2/c11-10-3-1-9(2-4-10)5-7-13-8-6-12/h1-4,13H,5,7-8H2. The van der Waals surface area contributed by atoms with Gasteiger partial charge in [-0.2, -0.15) is 5.26 Å². The summed E-state index contributed by atoms with van der Waals surface area (Å²) < 4.78 is 1.10. The summed E-state index contributed by atoms with van der Waals surface area (Å²) in [5.41, 5.74) is 1.29. The lowest BCUT2D eigenvalue weighted by Gasteiger charge is -2.00. The molecule has 1 aromatic carbocycles. The van der Waals surface area contributed by atoms with Crippen molar-refractivity contribution in [1.82, 2.24) is 5.32 Å². The van der Waals surface area contributed by atoms with Crippen molar-refractivity contribution in [3.63, 3.8) is 0 Å². The summed E-state index contributed by atoms with van der Waals surface area (Å²) in [5, 5.41) is 11.3. The van der Waals surface area contributed by atoms with Crippen molar-refractivity contribution >= 4 is 15.9 Å². The van der Waals surface area contributed by atoms with Gasteiger partial charge < -0.3 is 5.32 Å². The number of benzene rings is 1. The quantitative estimate of drug-likeness (QED) is 0.645. The Morgan fingerprint density at radius 3 is 2.62 bits per heavy atom. The van der Waals surface area contributed by atoms with E-state index >= 15 is 0 Å². The second-order valence-corrected chi connectivity index (χ2v) is 3.63. The molecule has 3 heteroatoms. The highest BCUT2D eigenvalue weighted by Crippen LogP contribution is 2.10. The number of nitrogens with one attached hydrogen (secondary N) is 1. The number of hydrogen-bond acceptors (Lipinski definition) is 2. The van der Waals surface area contributed by atoms with Gasteiger partial charge in [0.05, 0.1) is 12.6 Å². The van der Waals surface area contributed by atoms with Gasteiger partial charge in [0, 0.05) is 11.0 Å². The van der Waals surface area contributed by atoms with E-state index in [9.17, 15) is 0 Å². The van der Waals surface area contributed by atoms with E-state index in [0.29, 0.717) is 6.54 Å². The first-order valence-electron chi connectivity index (χ1n) is 4.15. The second kappa shape index (κ2) is 5.74. The Bertz CT molecular complexity index is 287. The van der Waals surface area contributed by atoms with Crippen molar-refractivity contribution in [2.24, 2.45) is 0 Å². The maximum absolute atomic E-state index is 8.28. The number of rotatable bonds is 4. The van der Waals surface area contributed by atoms with Crippen molar-refractivity contribution in [3.8, 4) is 6.07 Å². The molecule has 1 aromatic rings. The van der Waals surface area contributed by atoms with Gasteiger partial charge in [-0.3, -0.25) is 0 Å². The Hall–Kier alpha value is -0.850. The van der Waals surface area contributed by atoms with E-state index in [1.165, 1.54) is 5.56 Å². The Labute approximate surface area is 86.7 Å². The molecule has 0 aromatic heterocycles. The first-order chi connectivity index (χ1) is 6.33. The first kappa shape index (κ1) is 10.2. The van der Waals surface area contributed by atoms with Gasteiger partial charge in [0.2, 0.25) is 0 Å². The largest absolute Gasteiger partial charge is 0.304 e. The highest BCUT2D eigenvalue weighted by molar-refractivity contribution is 9.10. The van der Waals surface area contributed by atoms with Crippen LogP contribution in [-0.2, 0) is 6.42 Å². The van der Waals surface area contributed by atoms with Gasteiger partial charge >= 0.3 is 0 Å². The minimum atomic E-state index is 0.427. The van der Waals surface area contributed by atoms with Crippen molar-refractivity contribution in [2.45, 2.75) is 6.42 Å². The van der Waals surface area contributed by atoms with E-state index in [4.69, 9.17) is 5.26 Å². The molecule has 13 heavy (non-hydrogen) atoms. The van der Waals surface area contributed by atoms with Crippen molar-refractivity contribution < 1.29 is 0 Å². The molecule has 0 aliphatic heterocycles.